The lowest BCUT2D eigenvalue weighted by Gasteiger charge is -2.26. The fourth-order valence-electron chi connectivity index (χ4n) is 2.89. The van der Waals surface area contributed by atoms with Crippen molar-refractivity contribution in [3.05, 3.63) is 35.4 Å². The second-order valence-electron chi connectivity index (χ2n) is 5.33. The molecule has 0 heterocycles. The van der Waals surface area contributed by atoms with Crippen molar-refractivity contribution in [1.29, 1.82) is 0 Å². The van der Waals surface area contributed by atoms with Crippen LogP contribution in [0, 0.1) is 5.92 Å². The van der Waals surface area contributed by atoms with Gasteiger partial charge in [-0.15, -0.1) is 0 Å². The zero-order chi connectivity index (χ0) is 12.1. The Hall–Kier alpha value is -0.820. The molecule has 0 aliphatic heterocycles. The van der Waals surface area contributed by atoms with Crippen LogP contribution in [-0.2, 0) is 6.42 Å². The van der Waals surface area contributed by atoms with Crippen molar-refractivity contribution in [3.8, 4) is 0 Å². The normalized spacial score (nSPS) is 19.2. The van der Waals surface area contributed by atoms with E-state index in [9.17, 15) is 5.11 Å². The molecule has 0 spiro atoms. The highest BCUT2D eigenvalue weighted by atomic mass is 16.3. The van der Waals surface area contributed by atoms with Gasteiger partial charge in [0.05, 0.1) is 6.10 Å². The van der Waals surface area contributed by atoms with Crippen molar-refractivity contribution in [1.82, 2.24) is 0 Å². The van der Waals surface area contributed by atoms with Crippen molar-refractivity contribution in [2.24, 2.45) is 5.92 Å². The lowest BCUT2D eigenvalue weighted by molar-refractivity contribution is 0.0848. The van der Waals surface area contributed by atoms with Gasteiger partial charge in [0.25, 0.3) is 0 Å². The molecule has 0 aromatic heterocycles. The van der Waals surface area contributed by atoms with Crippen molar-refractivity contribution in [2.45, 2.75) is 58.0 Å². The maximum absolute atomic E-state index is 10.4. The van der Waals surface area contributed by atoms with Crippen molar-refractivity contribution in [3.63, 3.8) is 0 Å². The highest BCUT2D eigenvalue weighted by molar-refractivity contribution is 5.24. The van der Waals surface area contributed by atoms with Gasteiger partial charge in [0.15, 0.2) is 0 Å². The number of hydrogen-bond donors (Lipinski definition) is 1. The Balaban J connectivity index is 2.00. The summed E-state index contributed by atoms with van der Waals surface area (Å²) in [5, 5.41) is 10.4. The van der Waals surface area contributed by atoms with Crippen LogP contribution in [0.3, 0.4) is 0 Å². The summed E-state index contributed by atoms with van der Waals surface area (Å²) in [6.07, 6.45) is 8.38. The van der Waals surface area contributed by atoms with Gasteiger partial charge in [-0.1, -0.05) is 56.9 Å². The largest absolute Gasteiger partial charge is 0.388 e. The van der Waals surface area contributed by atoms with E-state index >= 15 is 0 Å². The molecule has 0 amide bonds. The molecule has 0 radical (unpaired) electrons. The minimum atomic E-state index is -0.244. The minimum absolute atomic E-state index is 0.244. The van der Waals surface area contributed by atoms with Crippen LogP contribution in [-0.4, -0.2) is 5.11 Å². The second kappa shape index (κ2) is 6.20. The van der Waals surface area contributed by atoms with E-state index in [4.69, 9.17) is 0 Å². The van der Waals surface area contributed by atoms with Gasteiger partial charge in [-0.2, -0.15) is 0 Å². The number of hydrogen-bond acceptors (Lipinski definition) is 1. The zero-order valence-corrected chi connectivity index (χ0v) is 10.9. The summed E-state index contributed by atoms with van der Waals surface area (Å²) in [4.78, 5) is 0. The first kappa shape index (κ1) is 12.6. The SMILES string of the molecule is CCCc1ccc(C(O)C2CCCCC2)cc1. The number of aryl methyl sites for hydroxylation is 1. The van der Waals surface area contributed by atoms with Crippen LogP contribution in [0.25, 0.3) is 0 Å². The molecule has 1 fully saturated rings. The van der Waals surface area contributed by atoms with E-state index in [1.165, 1.54) is 44.1 Å². The maximum atomic E-state index is 10.4. The molecule has 1 nitrogen and oxygen atoms in total. The molecule has 0 saturated heterocycles. The summed E-state index contributed by atoms with van der Waals surface area (Å²) in [7, 11) is 0. The standard InChI is InChI=1S/C16H24O/c1-2-6-13-9-11-15(12-10-13)16(17)14-7-4-3-5-8-14/h9-12,14,16-17H,2-8H2,1H3. The molecule has 1 heteroatoms. The summed E-state index contributed by atoms with van der Waals surface area (Å²) in [6, 6.07) is 8.57. The van der Waals surface area contributed by atoms with Gasteiger partial charge in [-0.3, -0.25) is 0 Å². The van der Waals surface area contributed by atoms with Crippen LogP contribution in [0.4, 0.5) is 0 Å². The van der Waals surface area contributed by atoms with E-state index in [-0.39, 0.29) is 6.10 Å². The molecule has 1 atom stereocenters. The quantitative estimate of drug-likeness (QED) is 0.822. The first-order chi connectivity index (χ1) is 8.31. The van der Waals surface area contributed by atoms with Gasteiger partial charge in [0.1, 0.15) is 0 Å². The molecular formula is C16H24O. The molecule has 1 aromatic carbocycles. The summed E-state index contributed by atoms with van der Waals surface area (Å²) < 4.78 is 0. The average molecular weight is 232 g/mol. The van der Waals surface area contributed by atoms with Crippen molar-refractivity contribution < 1.29 is 5.11 Å². The average Bonchev–Trinajstić information content (AvgIpc) is 2.40. The predicted molar refractivity (Wildman–Crippen MR) is 72.0 cm³/mol. The monoisotopic (exact) mass is 232 g/mol. The van der Waals surface area contributed by atoms with Crippen LogP contribution >= 0.6 is 0 Å². The number of aliphatic hydroxyl groups excluding tert-OH is 1. The molecule has 1 aromatic rings. The van der Waals surface area contributed by atoms with Crippen molar-refractivity contribution in [2.75, 3.05) is 0 Å². The first-order valence-corrected chi connectivity index (χ1v) is 7.08. The van der Waals surface area contributed by atoms with E-state index in [0.717, 1.165) is 12.0 Å². The number of benzene rings is 1. The predicted octanol–water partition coefficient (Wildman–Crippen LogP) is 4.25. The summed E-state index contributed by atoms with van der Waals surface area (Å²) in [5.74, 6) is 0.487. The number of aliphatic hydroxyl groups is 1. The Morgan fingerprint density at radius 2 is 1.76 bits per heavy atom. The molecule has 94 valence electrons. The van der Waals surface area contributed by atoms with Crippen LogP contribution in [0.15, 0.2) is 24.3 Å². The van der Waals surface area contributed by atoms with Gasteiger partial charge in [0.2, 0.25) is 0 Å². The van der Waals surface area contributed by atoms with Crippen LogP contribution < -0.4 is 0 Å². The summed E-state index contributed by atoms with van der Waals surface area (Å²) in [6.45, 7) is 2.20. The lowest BCUT2D eigenvalue weighted by atomic mass is 9.82. The molecule has 1 aliphatic rings. The van der Waals surface area contributed by atoms with Gasteiger partial charge in [-0.05, 0) is 36.3 Å². The molecule has 1 aliphatic carbocycles. The first-order valence-electron chi connectivity index (χ1n) is 7.08. The smallest absolute Gasteiger partial charge is 0.0818 e. The third-order valence-corrected chi connectivity index (χ3v) is 3.96. The Morgan fingerprint density at radius 1 is 1.12 bits per heavy atom. The molecule has 0 bridgehead atoms. The highest BCUT2D eigenvalue weighted by Crippen LogP contribution is 2.34. The molecule has 2 rings (SSSR count). The Labute approximate surface area is 105 Å². The lowest BCUT2D eigenvalue weighted by Crippen LogP contribution is -2.15. The van der Waals surface area contributed by atoms with E-state index < -0.39 is 0 Å². The van der Waals surface area contributed by atoms with Gasteiger partial charge in [0, 0.05) is 0 Å². The van der Waals surface area contributed by atoms with E-state index in [2.05, 4.69) is 31.2 Å². The molecule has 1 unspecified atom stereocenters. The third kappa shape index (κ3) is 3.32. The van der Waals surface area contributed by atoms with E-state index in [1.54, 1.807) is 0 Å². The highest BCUT2D eigenvalue weighted by Gasteiger charge is 2.22. The van der Waals surface area contributed by atoms with Crippen molar-refractivity contribution >= 4 is 0 Å². The van der Waals surface area contributed by atoms with Crippen LogP contribution in [0.5, 0.6) is 0 Å². The van der Waals surface area contributed by atoms with Gasteiger partial charge < -0.3 is 5.11 Å². The van der Waals surface area contributed by atoms with E-state index in [0.29, 0.717) is 5.92 Å². The molecule has 1 N–H and O–H groups in total. The van der Waals surface area contributed by atoms with Gasteiger partial charge >= 0.3 is 0 Å². The topological polar surface area (TPSA) is 20.2 Å². The molecule has 17 heavy (non-hydrogen) atoms. The summed E-state index contributed by atoms with van der Waals surface area (Å²) in [5.41, 5.74) is 2.49. The number of rotatable bonds is 4. The second-order valence-corrected chi connectivity index (χ2v) is 5.33. The zero-order valence-electron chi connectivity index (χ0n) is 10.9. The van der Waals surface area contributed by atoms with E-state index in [1.807, 2.05) is 0 Å². The fourth-order valence-corrected chi connectivity index (χ4v) is 2.89. The molecule has 1 saturated carbocycles. The molecular weight excluding hydrogens is 208 g/mol. The fraction of sp³-hybridized carbons (Fsp3) is 0.625. The Morgan fingerprint density at radius 3 is 2.35 bits per heavy atom. The summed E-state index contributed by atoms with van der Waals surface area (Å²) >= 11 is 0. The third-order valence-electron chi connectivity index (χ3n) is 3.96. The van der Waals surface area contributed by atoms with Gasteiger partial charge in [-0.25, -0.2) is 0 Å². The van der Waals surface area contributed by atoms with Crippen LogP contribution in [0.1, 0.15) is 62.7 Å². The maximum Gasteiger partial charge on any atom is 0.0818 e. The Kier molecular flexibility index (Phi) is 4.61. The Bertz CT molecular complexity index is 322. The minimum Gasteiger partial charge on any atom is -0.388 e. The van der Waals surface area contributed by atoms with Crippen LogP contribution in [0.2, 0.25) is 0 Å².